The first-order chi connectivity index (χ1) is 9.71. The van der Waals surface area contributed by atoms with Gasteiger partial charge in [-0.05, 0) is 53.8 Å². The van der Waals surface area contributed by atoms with Crippen LogP contribution in [0.25, 0.3) is 0 Å². The second kappa shape index (κ2) is 5.89. The molecule has 0 radical (unpaired) electrons. The van der Waals surface area contributed by atoms with Gasteiger partial charge in [0, 0.05) is 11.1 Å². The van der Waals surface area contributed by atoms with Crippen LogP contribution < -0.4 is 5.32 Å². The van der Waals surface area contributed by atoms with E-state index in [2.05, 4.69) is 39.9 Å². The lowest BCUT2D eigenvalue weighted by Crippen LogP contribution is -2.36. The maximum Gasteiger partial charge on any atom is 0.124 e. The van der Waals surface area contributed by atoms with Gasteiger partial charge in [0.15, 0.2) is 0 Å². The Bertz CT molecular complexity index is 496. The fourth-order valence-electron chi connectivity index (χ4n) is 3.82. The molecule has 1 unspecified atom stereocenters. The summed E-state index contributed by atoms with van der Waals surface area (Å²) >= 11 is 6.21. The third kappa shape index (κ3) is 3.12. The molecule has 118 valence electrons. The van der Waals surface area contributed by atoms with Gasteiger partial charge in [-0.1, -0.05) is 52.3 Å². The van der Waals surface area contributed by atoms with Gasteiger partial charge in [0.25, 0.3) is 0 Å². The van der Waals surface area contributed by atoms with Gasteiger partial charge in [-0.25, -0.2) is 4.39 Å². The van der Waals surface area contributed by atoms with Gasteiger partial charge >= 0.3 is 0 Å². The zero-order chi connectivity index (χ0) is 15.8. The van der Waals surface area contributed by atoms with E-state index >= 15 is 0 Å². The van der Waals surface area contributed by atoms with Crippen LogP contribution in [-0.4, -0.2) is 12.6 Å². The van der Waals surface area contributed by atoms with Crippen molar-refractivity contribution in [2.75, 3.05) is 6.54 Å². The van der Waals surface area contributed by atoms with E-state index in [0.29, 0.717) is 27.8 Å². The maximum atomic E-state index is 13.2. The highest BCUT2D eigenvalue weighted by Crippen LogP contribution is 2.69. The van der Waals surface area contributed by atoms with Crippen LogP contribution >= 0.6 is 11.6 Å². The summed E-state index contributed by atoms with van der Waals surface area (Å²) in [7, 11) is 0. The third-order valence-electron chi connectivity index (χ3n) is 5.65. The van der Waals surface area contributed by atoms with E-state index < -0.39 is 0 Å². The molecule has 0 amide bonds. The van der Waals surface area contributed by atoms with E-state index in [-0.39, 0.29) is 5.82 Å². The van der Waals surface area contributed by atoms with Crippen molar-refractivity contribution < 1.29 is 4.39 Å². The van der Waals surface area contributed by atoms with Crippen LogP contribution in [-0.2, 0) is 6.42 Å². The van der Waals surface area contributed by atoms with Gasteiger partial charge in [-0.3, -0.25) is 0 Å². The minimum Gasteiger partial charge on any atom is -0.313 e. The van der Waals surface area contributed by atoms with Crippen LogP contribution in [0.3, 0.4) is 0 Å². The Balaban J connectivity index is 2.18. The number of halogens is 2. The van der Waals surface area contributed by atoms with Crippen molar-refractivity contribution in [3.05, 3.63) is 34.6 Å². The SMILES string of the molecule is CCCNC(Cc1ccc(F)cc1Cl)C1C(C)(C)C1(C)C. The third-order valence-corrected chi connectivity index (χ3v) is 6.00. The molecule has 0 spiro atoms. The molecule has 1 aliphatic rings. The summed E-state index contributed by atoms with van der Waals surface area (Å²) < 4.78 is 13.2. The van der Waals surface area contributed by atoms with Crippen LogP contribution in [0.5, 0.6) is 0 Å². The highest BCUT2D eigenvalue weighted by Gasteiger charge is 2.66. The summed E-state index contributed by atoms with van der Waals surface area (Å²) in [5, 5.41) is 4.22. The van der Waals surface area contributed by atoms with Gasteiger partial charge < -0.3 is 5.32 Å². The van der Waals surface area contributed by atoms with Gasteiger partial charge in [0.1, 0.15) is 5.82 Å². The predicted molar refractivity (Wildman–Crippen MR) is 88.2 cm³/mol. The molecular weight excluding hydrogens is 285 g/mol. The van der Waals surface area contributed by atoms with Crippen molar-refractivity contribution in [3.63, 3.8) is 0 Å². The zero-order valence-electron chi connectivity index (χ0n) is 13.8. The fourth-order valence-corrected chi connectivity index (χ4v) is 4.06. The lowest BCUT2D eigenvalue weighted by Gasteiger charge is -2.21. The molecule has 21 heavy (non-hydrogen) atoms. The minimum absolute atomic E-state index is 0.270. The maximum absolute atomic E-state index is 13.2. The smallest absolute Gasteiger partial charge is 0.124 e. The molecule has 1 atom stereocenters. The minimum atomic E-state index is -0.270. The van der Waals surface area contributed by atoms with Crippen molar-refractivity contribution >= 4 is 11.6 Å². The molecule has 3 heteroatoms. The van der Waals surface area contributed by atoms with E-state index in [4.69, 9.17) is 11.6 Å². The Labute approximate surface area is 133 Å². The number of benzene rings is 1. The normalized spacial score (nSPS) is 21.3. The lowest BCUT2D eigenvalue weighted by atomic mass is 9.96. The molecule has 1 aromatic carbocycles. The van der Waals surface area contributed by atoms with E-state index in [1.165, 1.54) is 12.1 Å². The Kier molecular flexibility index (Phi) is 4.70. The monoisotopic (exact) mass is 311 g/mol. The van der Waals surface area contributed by atoms with Crippen molar-refractivity contribution in [1.29, 1.82) is 0 Å². The Morgan fingerprint density at radius 2 is 1.86 bits per heavy atom. The molecule has 1 saturated carbocycles. The van der Waals surface area contributed by atoms with E-state index in [9.17, 15) is 4.39 Å². The highest BCUT2D eigenvalue weighted by atomic mass is 35.5. The summed E-state index contributed by atoms with van der Waals surface area (Å²) in [6.07, 6.45) is 1.97. The molecule has 0 bridgehead atoms. The summed E-state index contributed by atoms with van der Waals surface area (Å²) in [4.78, 5) is 0. The summed E-state index contributed by atoms with van der Waals surface area (Å²) in [6, 6.07) is 5.12. The summed E-state index contributed by atoms with van der Waals surface area (Å²) in [5.41, 5.74) is 1.68. The van der Waals surface area contributed by atoms with Crippen LogP contribution in [0.1, 0.15) is 46.6 Å². The molecule has 1 fully saturated rings. The number of nitrogens with one attached hydrogen (secondary N) is 1. The average Bonchev–Trinajstić information content (AvgIpc) is 2.78. The van der Waals surface area contributed by atoms with Gasteiger partial charge in [-0.2, -0.15) is 0 Å². The Hall–Kier alpha value is -0.600. The molecule has 0 aromatic heterocycles. The van der Waals surface area contributed by atoms with Gasteiger partial charge in [0.2, 0.25) is 0 Å². The standard InChI is InChI=1S/C18H27ClFN/c1-6-9-21-15(16-17(2,3)18(16,4)5)10-12-7-8-13(20)11-14(12)19/h7-8,11,15-16,21H,6,9-10H2,1-5H3. The number of rotatable bonds is 6. The topological polar surface area (TPSA) is 12.0 Å². The molecule has 2 rings (SSSR count). The molecule has 0 heterocycles. The van der Waals surface area contributed by atoms with E-state index in [1.54, 1.807) is 0 Å². The molecule has 0 saturated heterocycles. The largest absolute Gasteiger partial charge is 0.313 e. The van der Waals surface area contributed by atoms with Crippen LogP contribution in [0, 0.1) is 22.6 Å². The first-order valence-corrected chi connectivity index (χ1v) is 8.27. The molecule has 1 aliphatic carbocycles. The second-order valence-corrected chi connectivity index (χ2v) is 7.83. The quantitative estimate of drug-likeness (QED) is 0.773. The van der Waals surface area contributed by atoms with E-state index in [0.717, 1.165) is 24.9 Å². The Morgan fingerprint density at radius 1 is 1.24 bits per heavy atom. The van der Waals surface area contributed by atoms with Gasteiger partial charge in [0.05, 0.1) is 0 Å². The molecular formula is C18H27ClFN. The van der Waals surface area contributed by atoms with Crippen molar-refractivity contribution in [2.45, 2.75) is 53.5 Å². The van der Waals surface area contributed by atoms with Crippen LogP contribution in [0.2, 0.25) is 5.02 Å². The Morgan fingerprint density at radius 3 is 2.33 bits per heavy atom. The molecule has 1 aromatic rings. The first-order valence-electron chi connectivity index (χ1n) is 7.89. The molecule has 1 N–H and O–H groups in total. The summed E-state index contributed by atoms with van der Waals surface area (Å²) in [6.45, 7) is 12.5. The lowest BCUT2D eigenvalue weighted by molar-refractivity contribution is 0.395. The van der Waals surface area contributed by atoms with Crippen LogP contribution in [0.15, 0.2) is 18.2 Å². The predicted octanol–water partition coefficient (Wildman–Crippen LogP) is 5.07. The number of hydrogen-bond donors (Lipinski definition) is 1. The zero-order valence-corrected chi connectivity index (χ0v) is 14.5. The summed E-state index contributed by atoms with van der Waals surface area (Å²) in [5.74, 6) is 0.339. The van der Waals surface area contributed by atoms with Crippen molar-refractivity contribution in [2.24, 2.45) is 16.7 Å². The average molecular weight is 312 g/mol. The highest BCUT2D eigenvalue weighted by molar-refractivity contribution is 6.31. The van der Waals surface area contributed by atoms with Crippen molar-refractivity contribution in [1.82, 2.24) is 5.32 Å². The van der Waals surface area contributed by atoms with E-state index in [1.807, 2.05) is 6.07 Å². The van der Waals surface area contributed by atoms with Crippen LogP contribution in [0.4, 0.5) is 4.39 Å². The van der Waals surface area contributed by atoms with Crippen molar-refractivity contribution in [3.8, 4) is 0 Å². The first kappa shape index (κ1) is 16.8. The molecule has 1 nitrogen and oxygen atoms in total. The van der Waals surface area contributed by atoms with Gasteiger partial charge in [-0.15, -0.1) is 0 Å². The molecule has 0 aliphatic heterocycles. The second-order valence-electron chi connectivity index (χ2n) is 7.42. The number of hydrogen-bond acceptors (Lipinski definition) is 1. The fraction of sp³-hybridized carbons (Fsp3) is 0.667.